The van der Waals surface area contributed by atoms with Crippen molar-refractivity contribution >= 4 is 0 Å². The van der Waals surface area contributed by atoms with Crippen molar-refractivity contribution < 1.29 is 10.2 Å². The summed E-state index contributed by atoms with van der Waals surface area (Å²) in [5.74, 6) is 0. The average molecular weight is 163 g/mol. The Morgan fingerprint density at radius 3 is 2.18 bits per heavy atom. The lowest BCUT2D eigenvalue weighted by atomic mass is 10.2. The lowest BCUT2D eigenvalue weighted by molar-refractivity contribution is 0.260. The van der Waals surface area contributed by atoms with E-state index >= 15 is 0 Å². The fourth-order valence-electron chi connectivity index (χ4n) is 0.756. The highest BCUT2D eigenvalue weighted by Crippen LogP contribution is 1.96. The molecule has 3 N–H and O–H groups in total. The van der Waals surface area contributed by atoms with E-state index in [2.05, 4.69) is 12.2 Å². The fraction of sp³-hybridized carbons (Fsp3) is 1.00. The predicted octanol–water partition coefficient (Wildman–Crippen LogP) is 0.715. The summed E-state index contributed by atoms with van der Waals surface area (Å²) in [6, 6.07) is 0. The van der Waals surface area contributed by atoms with Crippen LogP contribution in [0.25, 0.3) is 0 Å². The summed E-state index contributed by atoms with van der Waals surface area (Å²) in [6.45, 7) is 3.27. The molecule has 3 heteroatoms. The van der Waals surface area contributed by atoms with Gasteiger partial charge in [0.05, 0.1) is 6.73 Å². The Kier molecular flexibility index (Phi) is 20.2. The molecule has 0 saturated carbocycles. The van der Waals surface area contributed by atoms with Gasteiger partial charge in [-0.3, -0.25) is 5.32 Å². The first-order chi connectivity index (χ1) is 5.41. The molecule has 0 saturated heterocycles. The van der Waals surface area contributed by atoms with Gasteiger partial charge in [0.15, 0.2) is 0 Å². The van der Waals surface area contributed by atoms with Crippen molar-refractivity contribution in [3.63, 3.8) is 0 Å². The van der Waals surface area contributed by atoms with Gasteiger partial charge in [-0.1, -0.05) is 26.2 Å². The summed E-state index contributed by atoms with van der Waals surface area (Å²) in [5.41, 5.74) is 0. The van der Waals surface area contributed by atoms with Gasteiger partial charge in [0.2, 0.25) is 0 Å². The molecule has 3 nitrogen and oxygen atoms in total. The normalized spacial score (nSPS) is 8.73. The molecule has 70 valence electrons. The molecule has 11 heavy (non-hydrogen) atoms. The van der Waals surface area contributed by atoms with E-state index in [1.54, 1.807) is 0 Å². The molecule has 0 amide bonds. The molecule has 0 atom stereocenters. The lowest BCUT2D eigenvalue weighted by Crippen LogP contribution is -2.15. The number of aliphatic hydroxyl groups is 2. The maximum Gasteiger partial charge on any atom is 0.0931 e. The van der Waals surface area contributed by atoms with Crippen LogP contribution in [0.3, 0.4) is 0 Å². The average Bonchev–Trinajstić information content (AvgIpc) is 2.08. The predicted molar refractivity (Wildman–Crippen MR) is 47.4 cm³/mol. The van der Waals surface area contributed by atoms with Crippen LogP contribution in [0.4, 0.5) is 0 Å². The van der Waals surface area contributed by atoms with Crippen molar-refractivity contribution in [1.29, 1.82) is 0 Å². The van der Waals surface area contributed by atoms with Crippen molar-refractivity contribution in [2.24, 2.45) is 0 Å². The van der Waals surface area contributed by atoms with Gasteiger partial charge in [-0.05, 0) is 13.0 Å². The highest BCUT2D eigenvalue weighted by molar-refractivity contribution is 4.42. The number of aliphatic hydroxyl groups excluding tert-OH is 2. The molecule has 0 aliphatic heterocycles. The van der Waals surface area contributed by atoms with Crippen LogP contribution in [0, 0.1) is 0 Å². The summed E-state index contributed by atoms with van der Waals surface area (Å²) in [7, 11) is 1.00. The van der Waals surface area contributed by atoms with Crippen LogP contribution in [0.2, 0.25) is 0 Å². The third-order valence-electron chi connectivity index (χ3n) is 1.32. The van der Waals surface area contributed by atoms with E-state index in [0.29, 0.717) is 0 Å². The molecule has 0 aliphatic carbocycles. The maximum absolute atomic E-state index is 8.31. The minimum atomic E-state index is 0.117. The summed E-state index contributed by atoms with van der Waals surface area (Å²) in [5, 5.41) is 18.2. The smallest absolute Gasteiger partial charge is 0.0931 e. The minimum absolute atomic E-state index is 0.117. The van der Waals surface area contributed by atoms with E-state index in [1.807, 2.05) is 0 Å². The van der Waals surface area contributed by atoms with Gasteiger partial charge in [0.1, 0.15) is 0 Å². The molecule has 0 heterocycles. The zero-order valence-corrected chi connectivity index (χ0v) is 7.64. The fourth-order valence-corrected chi connectivity index (χ4v) is 0.756. The molecule has 0 aromatic carbocycles. The molecule has 0 aromatic rings. The molecule has 0 bridgehead atoms. The van der Waals surface area contributed by atoms with E-state index in [-0.39, 0.29) is 6.73 Å². The molecule has 0 aromatic heterocycles. The van der Waals surface area contributed by atoms with Crippen molar-refractivity contribution in [2.75, 3.05) is 20.4 Å². The zero-order valence-electron chi connectivity index (χ0n) is 7.64. The Hall–Kier alpha value is -0.120. The van der Waals surface area contributed by atoms with E-state index in [4.69, 9.17) is 10.2 Å². The molecule has 0 radical (unpaired) electrons. The molecule has 0 aliphatic rings. The van der Waals surface area contributed by atoms with Crippen molar-refractivity contribution in [3.05, 3.63) is 0 Å². The van der Waals surface area contributed by atoms with Gasteiger partial charge in [0, 0.05) is 7.11 Å². The first kappa shape index (κ1) is 13.5. The van der Waals surface area contributed by atoms with Gasteiger partial charge >= 0.3 is 0 Å². The van der Waals surface area contributed by atoms with Crippen LogP contribution in [0.5, 0.6) is 0 Å². The van der Waals surface area contributed by atoms with Crippen LogP contribution < -0.4 is 5.32 Å². The van der Waals surface area contributed by atoms with Gasteiger partial charge in [0.25, 0.3) is 0 Å². The Morgan fingerprint density at radius 1 is 1.09 bits per heavy atom. The molecule has 0 spiro atoms. The topological polar surface area (TPSA) is 52.5 Å². The number of nitrogens with one attached hydrogen (secondary N) is 1. The highest BCUT2D eigenvalue weighted by Gasteiger charge is 1.84. The minimum Gasteiger partial charge on any atom is -0.400 e. The number of hydrogen-bond donors (Lipinski definition) is 3. The van der Waals surface area contributed by atoms with Crippen LogP contribution in [0.1, 0.15) is 32.6 Å². The molecular formula is C8H21NO2. The monoisotopic (exact) mass is 163 g/mol. The number of hydrogen-bond acceptors (Lipinski definition) is 3. The second-order valence-electron chi connectivity index (χ2n) is 2.22. The molecule has 0 fully saturated rings. The summed E-state index contributed by atoms with van der Waals surface area (Å²) in [6.07, 6.45) is 5.06. The first-order valence-corrected chi connectivity index (χ1v) is 4.18. The second-order valence-corrected chi connectivity index (χ2v) is 2.22. The molecule has 0 rings (SSSR count). The van der Waals surface area contributed by atoms with E-state index < -0.39 is 0 Å². The van der Waals surface area contributed by atoms with E-state index in [9.17, 15) is 0 Å². The van der Waals surface area contributed by atoms with Crippen LogP contribution in [-0.2, 0) is 0 Å². The van der Waals surface area contributed by atoms with Crippen LogP contribution in [0.15, 0.2) is 0 Å². The molecule has 0 unspecified atom stereocenters. The van der Waals surface area contributed by atoms with Gasteiger partial charge in [-0.2, -0.15) is 0 Å². The number of rotatable bonds is 6. The quantitative estimate of drug-likeness (QED) is 0.399. The van der Waals surface area contributed by atoms with E-state index in [1.165, 1.54) is 25.7 Å². The van der Waals surface area contributed by atoms with Crippen molar-refractivity contribution in [3.8, 4) is 0 Å². The van der Waals surface area contributed by atoms with Gasteiger partial charge in [-0.25, -0.2) is 0 Å². The van der Waals surface area contributed by atoms with Crippen LogP contribution in [-0.4, -0.2) is 30.6 Å². The summed E-state index contributed by atoms with van der Waals surface area (Å²) < 4.78 is 0. The standard InChI is InChI=1S/C7H17NO.CH4O/c1-2-3-4-5-6-8-7-9;1-2/h8-9H,2-7H2,1H3;2H,1H3. The summed E-state index contributed by atoms with van der Waals surface area (Å²) in [4.78, 5) is 0. The first-order valence-electron chi connectivity index (χ1n) is 4.18. The maximum atomic E-state index is 8.31. The second kappa shape index (κ2) is 16.5. The third kappa shape index (κ3) is 17.7. The van der Waals surface area contributed by atoms with E-state index in [0.717, 1.165) is 13.7 Å². The highest BCUT2D eigenvalue weighted by atomic mass is 16.3. The zero-order chi connectivity index (χ0) is 8.95. The molecular weight excluding hydrogens is 142 g/mol. The van der Waals surface area contributed by atoms with Gasteiger partial charge < -0.3 is 10.2 Å². The Morgan fingerprint density at radius 2 is 1.73 bits per heavy atom. The Labute approximate surface area is 69.4 Å². The van der Waals surface area contributed by atoms with Crippen molar-refractivity contribution in [1.82, 2.24) is 5.32 Å². The summed E-state index contributed by atoms with van der Waals surface area (Å²) >= 11 is 0. The van der Waals surface area contributed by atoms with Gasteiger partial charge in [-0.15, -0.1) is 0 Å². The SMILES string of the molecule is CCCCCCNCO.CO. The number of unbranched alkanes of at least 4 members (excludes halogenated alkanes) is 3. The van der Waals surface area contributed by atoms with Crippen molar-refractivity contribution in [2.45, 2.75) is 32.6 Å². The van der Waals surface area contributed by atoms with Crippen LogP contribution >= 0.6 is 0 Å². The largest absolute Gasteiger partial charge is 0.400 e. The third-order valence-corrected chi connectivity index (χ3v) is 1.32. The lowest BCUT2D eigenvalue weighted by Gasteiger charge is -1.98. The Balaban J connectivity index is 0. The Bertz CT molecular complexity index is 45.4.